The molecule has 0 aliphatic heterocycles. The van der Waals surface area contributed by atoms with Crippen LogP contribution in [0.3, 0.4) is 0 Å². The van der Waals surface area contributed by atoms with E-state index in [4.69, 9.17) is 0 Å². The fourth-order valence-corrected chi connectivity index (χ4v) is 1.36. The van der Waals surface area contributed by atoms with Crippen LogP contribution in [0.25, 0.3) is 0 Å². The fourth-order valence-electron chi connectivity index (χ4n) is 1.36. The van der Waals surface area contributed by atoms with Crippen molar-refractivity contribution in [3.05, 3.63) is 30.1 Å². The van der Waals surface area contributed by atoms with Crippen molar-refractivity contribution in [2.45, 2.75) is 26.5 Å². The maximum absolute atomic E-state index is 9.71. The minimum absolute atomic E-state index is 0.265. The molecule has 0 aliphatic rings. The van der Waals surface area contributed by atoms with Crippen LogP contribution < -0.4 is 0 Å². The molecule has 0 fully saturated rings. The van der Waals surface area contributed by atoms with Gasteiger partial charge in [-0.25, -0.2) is 0 Å². The molecule has 1 unspecified atom stereocenters. The summed E-state index contributed by atoms with van der Waals surface area (Å²) in [5, 5.41) is 9.71. The number of pyridine rings is 1. The van der Waals surface area contributed by atoms with Crippen LogP contribution in [0.2, 0.25) is 0 Å². The lowest BCUT2D eigenvalue weighted by Gasteiger charge is -2.22. The van der Waals surface area contributed by atoms with E-state index in [0.717, 1.165) is 12.2 Å². The average Bonchev–Trinajstić information content (AvgIpc) is 2.18. The summed E-state index contributed by atoms with van der Waals surface area (Å²) < 4.78 is 0. The molecule has 0 saturated carbocycles. The van der Waals surface area contributed by atoms with Crippen molar-refractivity contribution in [2.75, 3.05) is 13.6 Å². The van der Waals surface area contributed by atoms with Gasteiger partial charge in [-0.15, -0.1) is 0 Å². The number of likely N-dealkylation sites (N-methyl/N-ethyl adjacent to an activating group) is 1. The Morgan fingerprint density at radius 2 is 2.13 bits per heavy atom. The van der Waals surface area contributed by atoms with Gasteiger partial charge < -0.3 is 5.11 Å². The summed E-state index contributed by atoms with van der Waals surface area (Å²) >= 11 is 0. The van der Waals surface area contributed by atoms with Crippen molar-refractivity contribution in [3.8, 4) is 0 Å². The molecule has 0 spiro atoms. The third-order valence-electron chi connectivity index (χ3n) is 2.43. The van der Waals surface area contributed by atoms with E-state index in [9.17, 15) is 5.11 Å². The average molecular weight is 208 g/mol. The Morgan fingerprint density at radius 1 is 1.40 bits per heavy atom. The summed E-state index contributed by atoms with van der Waals surface area (Å²) in [6.45, 7) is 5.53. The van der Waals surface area contributed by atoms with Crippen LogP contribution in [-0.2, 0) is 6.54 Å². The molecule has 1 N–H and O–H groups in total. The Hall–Kier alpha value is -0.930. The normalized spacial score (nSPS) is 13.5. The Balaban J connectivity index is 2.39. The van der Waals surface area contributed by atoms with Gasteiger partial charge in [0.25, 0.3) is 0 Å². The van der Waals surface area contributed by atoms with Gasteiger partial charge in [-0.3, -0.25) is 9.88 Å². The Kier molecular flexibility index (Phi) is 4.72. The smallest absolute Gasteiger partial charge is 0.0689 e. The zero-order valence-corrected chi connectivity index (χ0v) is 9.72. The number of aliphatic hydroxyl groups is 1. The number of hydrogen-bond donors (Lipinski definition) is 1. The highest BCUT2D eigenvalue weighted by atomic mass is 16.3. The molecule has 0 aromatic carbocycles. The number of aliphatic hydroxyl groups excluding tert-OH is 1. The van der Waals surface area contributed by atoms with Gasteiger partial charge in [0.05, 0.1) is 11.8 Å². The van der Waals surface area contributed by atoms with Crippen LogP contribution in [-0.4, -0.2) is 34.7 Å². The topological polar surface area (TPSA) is 36.4 Å². The highest BCUT2D eigenvalue weighted by Gasteiger charge is 2.12. The first-order valence-corrected chi connectivity index (χ1v) is 5.36. The summed E-state index contributed by atoms with van der Waals surface area (Å²) in [6.07, 6.45) is 1.53. The van der Waals surface area contributed by atoms with Crippen LogP contribution in [0.4, 0.5) is 0 Å². The molecule has 0 aliphatic carbocycles. The van der Waals surface area contributed by atoms with Crippen LogP contribution >= 0.6 is 0 Å². The molecular weight excluding hydrogens is 188 g/mol. The van der Waals surface area contributed by atoms with Gasteiger partial charge in [-0.1, -0.05) is 19.9 Å². The van der Waals surface area contributed by atoms with E-state index in [1.807, 2.05) is 39.1 Å². The zero-order valence-electron chi connectivity index (χ0n) is 9.72. The van der Waals surface area contributed by atoms with Crippen LogP contribution in [0.5, 0.6) is 0 Å². The van der Waals surface area contributed by atoms with Gasteiger partial charge >= 0.3 is 0 Å². The maximum Gasteiger partial charge on any atom is 0.0689 e. The predicted octanol–water partition coefficient (Wildman–Crippen LogP) is 1.53. The van der Waals surface area contributed by atoms with Crippen molar-refractivity contribution < 1.29 is 5.11 Å². The first-order valence-electron chi connectivity index (χ1n) is 5.36. The number of nitrogens with zero attached hydrogens (tertiary/aromatic N) is 2. The van der Waals surface area contributed by atoms with E-state index in [-0.39, 0.29) is 6.10 Å². The molecular formula is C12H20N2O. The first kappa shape index (κ1) is 12.1. The van der Waals surface area contributed by atoms with E-state index < -0.39 is 0 Å². The summed E-state index contributed by atoms with van der Waals surface area (Å²) in [4.78, 5) is 6.34. The van der Waals surface area contributed by atoms with E-state index in [1.165, 1.54) is 0 Å². The fraction of sp³-hybridized carbons (Fsp3) is 0.583. The zero-order chi connectivity index (χ0) is 11.3. The molecule has 1 rings (SSSR count). The Morgan fingerprint density at radius 3 is 2.67 bits per heavy atom. The van der Waals surface area contributed by atoms with E-state index >= 15 is 0 Å². The van der Waals surface area contributed by atoms with Gasteiger partial charge in [0.1, 0.15) is 0 Å². The van der Waals surface area contributed by atoms with Crippen molar-refractivity contribution in [3.63, 3.8) is 0 Å². The van der Waals surface area contributed by atoms with Crippen molar-refractivity contribution in [2.24, 2.45) is 5.92 Å². The molecule has 1 heterocycles. The molecule has 0 amide bonds. The Labute approximate surface area is 91.8 Å². The van der Waals surface area contributed by atoms with Gasteiger partial charge in [0.2, 0.25) is 0 Å². The second kappa shape index (κ2) is 5.83. The monoisotopic (exact) mass is 208 g/mol. The summed E-state index contributed by atoms with van der Waals surface area (Å²) in [5.41, 5.74) is 1.04. The number of hydrogen-bond acceptors (Lipinski definition) is 3. The van der Waals surface area contributed by atoms with E-state index in [0.29, 0.717) is 12.5 Å². The van der Waals surface area contributed by atoms with E-state index in [1.54, 1.807) is 6.20 Å². The number of aromatic nitrogens is 1. The quantitative estimate of drug-likeness (QED) is 0.797. The Bertz CT molecular complexity index is 274. The lowest BCUT2D eigenvalue weighted by Crippen LogP contribution is -2.32. The summed E-state index contributed by atoms with van der Waals surface area (Å²) in [5.74, 6) is 0.302. The molecule has 1 aromatic rings. The maximum atomic E-state index is 9.71. The molecule has 1 atom stereocenters. The molecule has 0 bridgehead atoms. The third kappa shape index (κ3) is 4.40. The lowest BCUT2D eigenvalue weighted by molar-refractivity contribution is 0.0834. The highest BCUT2D eigenvalue weighted by Crippen LogP contribution is 2.05. The third-order valence-corrected chi connectivity index (χ3v) is 2.43. The standard InChI is InChI=1S/C12H20N2O/c1-10(2)12(15)9-14(3)8-11-6-4-5-7-13-11/h4-7,10,12,15H,8-9H2,1-3H3. The van der Waals surface area contributed by atoms with Crippen LogP contribution in [0, 0.1) is 5.92 Å². The molecule has 84 valence electrons. The molecule has 3 heteroatoms. The number of rotatable bonds is 5. The SMILES string of the molecule is CC(C)C(O)CN(C)Cc1ccccn1. The molecule has 0 radical (unpaired) electrons. The molecule has 0 saturated heterocycles. The van der Waals surface area contributed by atoms with Gasteiger partial charge in [0, 0.05) is 19.3 Å². The van der Waals surface area contributed by atoms with Gasteiger partial charge in [0.15, 0.2) is 0 Å². The minimum atomic E-state index is -0.265. The van der Waals surface area contributed by atoms with Crippen LogP contribution in [0.15, 0.2) is 24.4 Å². The highest BCUT2D eigenvalue weighted by molar-refractivity contribution is 5.03. The van der Waals surface area contributed by atoms with Gasteiger partial charge in [-0.05, 0) is 25.1 Å². The first-order chi connectivity index (χ1) is 7.09. The second-order valence-corrected chi connectivity index (χ2v) is 4.33. The summed E-state index contributed by atoms with van der Waals surface area (Å²) in [6, 6.07) is 5.89. The summed E-state index contributed by atoms with van der Waals surface area (Å²) in [7, 11) is 2.00. The minimum Gasteiger partial charge on any atom is -0.392 e. The predicted molar refractivity (Wildman–Crippen MR) is 61.4 cm³/mol. The molecule has 15 heavy (non-hydrogen) atoms. The van der Waals surface area contributed by atoms with Crippen molar-refractivity contribution >= 4 is 0 Å². The van der Waals surface area contributed by atoms with Crippen molar-refractivity contribution in [1.29, 1.82) is 0 Å². The molecule has 3 nitrogen and oxygen atoms in total. The van der Waals surface area contributed by atoms with Gasteiger partial charge in [-0.2, -0.15) is 0 Å². The largest absolute Gasteiger partial charge is 0.392 e. The molecule has 1 aromatic heterocycles. The second-order valence-electron chi connectivity index (χ2n) is 4.33. The van der Waals surface area contributed by atoms with E-state index in [2.05, 4.69) is 9.88 Å². The lowest BCUT2D eigenvalue weighted by atomic mass is 10.1. The van der Waals surface area contributed by atoms with Crippen LogP contribution in [0.1, 0.15) is 19.5 Å². The van der Waals surface area contributed by atoms with Crippen molar-refractivity contribution in [1.82, 2.24) is 9.88 Å².